The number of carbonyl (C=O) groups is 1. The van der Waals surface area contributed by atoms with E-state index in [-0.39, 0.29) is 52.1 Å². The number of nitrogens with one attached hydrogen (secondary N) is 1. The molecule has 1 aromatic carbocycles. The number of para-hydroxylation sites is 2. The molecule has 115 valence electrons. The third kappa shape index (κ3) is 2.43. The van der Waals surface area contributed by atoms with Crippen molar-refractivity contribution in [3.8, 4) is 22.8 Å². The van der Waals surface area contributed by atoms with Crippen LogP contribution in [0.3, 0.4) is 0 Å². The van der Waals surface area contributed by atoms with Crippen molar-refractivity contribution >= 4 is 46.9 Å². The Kier molecular flexibility index (Phi) is 4.00. The van der Waals surface area contributed by atoms with Crippen molar-refractivity contribution in [2.75, 3.05) is 5.32 Å². The van der Waals surface area contributed by atoms with Crippen molar-refractivity contribution < 1.29 is 19.8 Å². The molecular weight excluding hydrogens is 323 g/mol. The van der Waals surface area contributed by atoms with E-state index in [0.29, 0.717) is 21.9 Å². The number of hydrogen-bond acceptors (Lipinski definition) is 5. The van der Waals surface area contributed by atoms with Crippen LogP contribution in [-0.4, -0.2) is 50.6 Å². The molecule has 0 aromatic heterocycles. The first-order valence-electron chi connectivity index (χ1n) is 6.74. The first-order valence-corrected chi connectivity index (χ1v) is 6.74. The fraction of sp³-hybridized carbons (Fsp3) is 0. The van der Waals surface area contributed by atoms with E-state index in [1.54, 1.807) is 18.2 Å². The molecule has 3 N–H and O–H groups in total. The average Bonchev–Trinajstić information content (AvgIpc) is 2.53. The standard InChI is InChI=1S/C16H10N2O5.Na/c19-11-6-13-14(17-10-3-1-2-4-12(10)23-13)15-9(11)5-8(16(20)21)7-18(15)22;/h1-7,17,22H,(H,20,21);. The van der Waals surface area contributed by atoms with Crippen molar-refractivity contribution in [2.24, 2.45) is 0 Å². The van der Waals surface area contributed by atoms with Crippen LogP contribution in [0.2, 0.25) is 0 Å². The maximum Gasteiger partial charge on any atom is 0.337 e. The molecule has 0 bridgehead atoms. The van der Waals surface area contributed by atoms with E-state index in [1.165, 1.54) is 12.1 Å². The number of ether oxygens (including phenoxy) is 1. The van der Waals surface area contributed by atoms with Gasteiger partial charge in [0.1, 0.15) is 11.4 Å². The van der Waals surface area contributed by atoms with Crippen molar-refractivity contribution in [3.05, 3.63) is 58.4 Å². The second-order valence-electron chi connectivity index (χ2n) is 5.11. The largest absolute Gasteiger partial charge is 0.478 e. The van der Waals surface area contributed by atoms with Gasteiger partial charge < -0.3 is 20.4 Å². The summed E-state index contributed by atoms with van der Waals surface area (Å²) in [4.78, 5) is 23.4. The van der Waals surface area contributed by atoms with Crippen LogP contribution in [0.15, 0.2) is 47.4 Å². The second kappa shape index (κ2) is 5.86. The van der Waals surface area contributed by atoms with Gasteiger partial charge in [-0.2, -0.15) is 4.73 Å². The van der Waals surface area contributed by atoms with Gasteiger partial charge in [0, 0.05) is 35.6 Å². The van der Waals surface area contributed by atoms with Crippen LogP contribution < -0.4 is 15.5 Å². The zero-order chi connectivity index (χ0) is 16.1. The smallest absolute Gasteiger partial charge is 0.337 e. The fourth-order valence-electron chi connectivity index (χ4n) is 2.63. The van der Waals surface area contributed by atoms with E-state index in [1.807, 2.05) is 6.07 Å². The van der Waals surface area contributed by atoms with Gasteiger partial charge in [-0.1, -0.05) is 12.1 Å². The van der Waals surface area contributed by atoms with E-state index in [0.717, 1.165) is 6.20 Å². The molecule has 2 heterocycles. The predicted octanol–water partition coefficient (Wildman–Crippen LogP) is 2.36. The van der Waals surface area contributed by atoms with E-state index >= 15 is 0 Å². The molecule has 0 spiro atoms. The number of fused-ring (bicyclic) bond motifs is 4. The van der Waals surface area contributed by atoms with Gasteiger partial charge >= 0.3 is 5.97 Å². The van der Waals surface area contributed by atoms with Crippen LogP contribution in [-0.2, 0) is 0 Å². The Labute approximate surface area is 157 Å². The number of anilines is 2. The maximum atomic E-state index is 12.3. The summed E-state index contributed by atoms with van der Waals surface area (Å²) in [6.45, 7) is 0. The van der Waals surface area contributed by atoms with Gasteiger partial charge in [-0.3, -0.25) is 4.79 Å². The minimum atomic E-state index is -1.23. The molecular formula is C16H10N2NaO5. The molecule has 24 heavy (non-hydrogen) atoms. The first-order chi connectivity index (χ1) is 11.0. The molecule has 1 radical (unpaired) electrons. The number of aromatic carboxylic acids is 1. The van der Waals surface area contributed by atoms with Crippen LogP contribution in [0.1, 0.15) is 10.4 Å². The Morgan fingerprint density at radius 2 is 1.92 bits per heavy atom. The Hall–Kier alpha value is -2.48. The quantitative estimate of drug-likeness (QED) is 0.365. The van der Waals surface area contributed by atoms with Gasteiger partial charge in [0.05, 0.1) is 23.0 Å². The zero-order valence-corrected chi connectivity index (χ0v) is 14.6. The Morgan fingerprint density at radius 3 is 2.67 bits per heavy atom. The minimum Gasteiger partial charge on any atom is -0.478 e. The number of benzene rings is 2. The van der Waals surface area contributed by atoms with Crippen LogP contribution in [0.4, 0.5) is 11.4 Å². The third-order valence-corrected chi connectivity index (χ3v) is 3.67. The number of hydrogen-bond donors (Lipinski definition) is 3. The molecule has 0 fully saturated rings. The summed E-state index contributed by atoms with van der Waals surface area (Å²) >= 11 is 0. The maximum absolute atomic E-state index is 12.3. The molecule has 7 nitrogen and oxygen atoms in total. The van der Waals surface area contributed by atoms with Gasteiger partial charge in [0.25, 0.3) is 0 Å². The van der Waals surface area contributed by atoms with Crippen LogP contribution >= 0.6 is 0 Å². The number of pyridine rings is 1. The van der Waals surface area contributed by atoms with Gasteiger partial charge in [-0.05, 0) is 18.2 Å². The molecule has 8 heteroatoms. The minimum absolute atomic E-state index is 0. The molecule has 4 rings (SSSR count). The summed E-state index contributed by atoms with van der Waals surface area (Å²) in [5, 5.41) is 22.3. The van der Waals surface area contributed by atoms with E-state index in [4.69, 9.17) is 9.84 Å². The normalized spacial score (nSPS) is 11.5. The number of rotatable bonds is 1. The fourth-order valence-corrected chi connectivity index (χ4v) is 2.63. The average molecular weight is 333 g/mol. The Morgan fingerprint density at radius 1 is 1.17 bits per heavy atom. The number of nitrogens with zero attached hydrogens (tertiary/aromatic N) is 1. The summed E-state index contributed by atoms with van der Waals surface area (Å²) in [6, 6.07) is 9.67. The van der Waals surface area contributed by atoms with Crippen LogP contribution in [0.25, 0.3) is 11.3 Å². The van der Waals surface area contributed by atoms with Crippen LogP contribution in [0, 0.1) is 0 Å². The Balaban J connectivity index is 0.00000169. The van der Waals surface area contributed by atoms with E-state index in [2.05, 4.69) is 5.32 Å². The van der Waals surface area contributed by atoms with Crippen molar-refractivity contribution in [2.45, 2.75) is 0 Å². The van der Waals surface area contributed by atoms with Gasteiger partial charge in [-0.15, -0.1) is 0 Å². The Bertz CT molecular complexity index is 998. The monoisotopic (exact) mass is 333 g/mol. The predicted molar refractivity (Wildman–Crippen MR) is 87.0 cm³/mol. The topological polar surface area (TPSA) is 101 Å². The molecule has 0 amide bonds. The van der Waals surface area contributed by atoms with Gasteiger partial charge in [0.15, 0.2) is 16.9 Å². The number of carboxylic acids is 1. The van der Waals surface area contributed by atoms with E-state index < -0.39 is 11.4 Å². The van der Waals surface area contributed by atoms with Crippen molar-refractivity contribution in [1.29, 1.82) is 0 Å². The first kappa shape index (κ1) is 16.4. The van der Waals surface area contributed by atoms with E-state index in [9.17, 15) is 14.8 Å². The van der Waals surface area contributed by atoms with Crippen molar-refractivity contribution in [3.63, 3.8) is 0 Å². The number of aromatic nitrogens is 1. The second-order valence-corrected chi connectivity index (χ2v) is 5.11. The molecule has 0 atom stereocenters. The van der Waals surface area contributed by atoms with Crippen molar-refractivity contribution in [1.82, 2.24) is 4.73 Å². The molecule has 1 aromatic rings. The summed E-state index contributed by atoms with van der Waals surface area (Å²) < 4.78 is 6.32. The zero-order valence-electron chi connectivity index (χ0n) is 12.6. The summed E-state index contributed by atoms with van der Waals surface area (Å²) in [6.07, 6.45) is 1.03. The summed E-state index contributed by atoms with van der Waals surface area (Å²) in [5.74, 6) is -0.404. The summed E-state index contributed by atoms with van der Waals surface area (Å²) in [7, 11) is 0. The molecule has 1 aliphatic carbocycles. The molecule has 2 aliphatic heterocycles. The summed E-state index contributed by atoms with van der Waals surface area (Å²) in [5.41, 5.74) is 0.702. The SMILES string of the molecule is O=C(O)c1cc2c(=O)cc3c(c-2n(O)c1)Nc1ccccc1O3.[Na]. The molecule has 0 saturated heterocycles. The third-order valence-electron chi connectivity index (χ3n) is 3.67. The molecule has 0 saturated carbocycles. The molecule has 0 unspecified atom stereocenters. The van der Waals surface area contributed by atoms with Gasteiger partial charge in [0.2, 0.25) is 0 Å². The molecule has 3 aliphatic rings. The van der Waals surface area contributed by atoms with Gasteiger partial charge in [-0.25, -0.2) is 4.79 Å². The van der Waals surface area contributed by atoms with Crippen LogP contribution in [0.5, 0.6) is 11.5 Å². The number of carboxylic acid groups (broad SMARTS) is 1.